The number of hydrogen-bond acceptors (Lipinski definition) is 3. The van der Waals surface area contributed by atoms with Gasteiger partial charge in [0.15, 0.2) is 0 Å². The number of benzene rings is 1. The van der Waals surface area contributed by atoms with Crippen molar-refractivity contribution < 1.29 is 14.7 Å². The van der Waals surface area contributed by atoms with Crippen LogP contribution in [0.1, 0.15) is 19.8 Å². The van der Waals surface area contributed by atoms with E-state index in [0.29, 0.717) is 25.9 Å². The molecule has 1 aliphatic heterocycles. The number of nitrogens with one attached hydrogen (secondary N) is 1. The Hall–Kier alpha value is -1.69. The van der Waals surface area contributed by atoms with Crippen molar-refractivity contribution in [3.8, 4) is 0 Å². The SMILES string of the molecule is CSc1ccccc1NC(=O)N1CCC(C)(C(=O)O)CC1. The number of urea groups is 1. The Morgan fingerprint density at radius 3 is 2.48 bits per heavy atom. The molecule has 0 bridgehead atoms. The predicted octanol–water partition coefficient (Wildman–Crippen LogP) is 3.13. The normalized spacial score (nSPS) is 17.3. The number of aliphatic carboxylic acids is 1. The highest BCUT2D eigenvalue weighted by Crippen LogP contribution is 2.31. The number of para-hydroxylation sites is 1. The van der Waals surface area contributed by atoms with Crippen molar-refractivity contribution in [2.45, 2.75) is 24.7 Å². The minimum Gasteiger partial charge on any atom is -0.481 e. The van der Waals surface area contributed by atoms with Crippen LogP contribution in [0.3, 0.4) is 0 Å². The second kappa shape index (κ2) is 6.39. The Balaban J connectivity index is 1.98. The number of carboxylic acid groups (broad SMARTS) is 1. The number of carbonyl (C=O) groups excluding carboxylic acids is 1. The van der Waals surface area contributed by atoms with E-state index in [1.807, 2.05) is 30.5 Å². The first-order valence-electron chi connectivity index (χ1n) is 6.88. The van der Waals surface area contributed by atoms with E-state index in [-0.39, 0.29) is 6.03 Å². The zero-order valence-corrected chi connectivity index (χ0v) is 13.1. The number of carboxylic acids is 1. The van der Waals surface area contributed by atoms with Crippen LogP contribution in [-0.4, -0.2) is 41.4 Å². The van der Waals surface area contributed by atoms with Crippen molar-refractivity contribution >= 4 is 29.4 Å². The molecule has 0 aliphatic carbocycles. The van der Waals surface area contributed by atoms with Gasteiger partial charge in [0.05, 0.1) is 11.1 Å². The molecular weight excluding hydrogens is 288 g/mol. The lowest BCUT2D eigenvalue weighted by molar-refractivity contribution is -0.150. The van der Waals surface area contributed by atoms with Crippen LogP contribution >= 0.6 is 11.8 Å². The molecule has 2 N–H and O–H groups in total. The Kier molecular flexibility index (Phi) is 4.77. The number of anilines is 1. The van der Waals surface area contributed by atoms with Crippen LogP contribution in [0.25, 0.3) is 0 Å². The van der Waals surface area contributed by atoms with Crippen molar-refractivity contribution in [1.82, 2.24) is 4.90 Å². The molecule has 0 radical (unpaired) electrons. The van der Waals surface area contributed by atoms with Gasteiger partial charge in [-0.2, -0.15) is 0 Å². The molecule has 2 amide bonds. The summed E-state index contributed by atoms with van der Waals surface area (Å²) < 4.78 is 0. The molecule has 1 saturated heterocycles. The Bertz CT molecular complexity index is 539. The summed E-state index contributed by atoms with van der Waals surface area (Å²) >= 11 is 1.58. The maximum absolute atomic E-state index is 12.3. The number of carbonyl (C=O) groups is 2. The van der Waals surface area contributed by atoms with Crippen molar-refractivity contribution in [2.75, 3.05) is 24.7 Å². The first kappa shape index (κ1) is 15.7. The fourth-order valence-electron chi connectivity index (χ4n) is 2.36. The monoisotopic (exact) mass is 308 g/mol. The van der Waals surface area contributed by atoms with Crippen LogP contribution in [0.5, 0.6) is 0 Å². The number of amides is 2. The van der Waals surface area contributed by atoms with Gasteiger partial charge < -0.3 is 15.3 Å². The van der Waals surface area contributed by atoms with Gasteiger partial charge in [0.1, 0.15) is 0 Å². The molecule has 114 valence electrons. The minimum absolute atomic E-state index is 0.163. The largest absolute Gasteiger partial charge is 0.481 e. The number of hydrogen-bond donors (Lipinski definition) is 2. The van der Waals surface area contributed by atoms with Crippen LogP contribution in [0.15, 0.2) is 29.2 Å². The molecule has 0 saturated carbocycles. The van der Waals surface area contributed by atoms with Crippen molar-refractivity contribution in [3.63, 3.8) is 0 Å². The molecule has 1 fully saturated rings. The van der Waals surface area contributed by atoms with E-state index in [0.717, 1.165) is 10.6 Å². The number of nitrogens with zero attached hydrogens (tertiary/aromatic N) is 1. The number of piperidine rings is 1. The van der Waals surface area contributed by atoms with Crippen LogP contribution in [-0.2, 0) is 4.79 Å². The van der Waals surface area contributed by atoms with E-state index < -0.39 is 11.4 Å². The highest BCUT2D eigenvalue weighted by Gasteiger charge is 2.38. The van der Waals surface area contributed by atoms with Gasteiger partial charge in [-0.15, -0.1) is 11.8 Å². The summed E-state index contributed by atoms with van der Waals surface area (Å²) in [6.07, 6.45) is 2.93. The third-order valence-corrected chi connectivity index (χ3v) is 4.81. The summed E-state index contributed by atoms with van der Waals surface area (Å²) in [5.74, 6) is -0.782. The Morgan fingerprint density at radius 1 is 1.29 bits per heavy atom. The summed E-state index contributed by atoms with van der Waals surface area (Å²) in [7, 11) is 0. The highest BCUT2D eigenvalue weighted by atomic mass is 32.2. The van der Waals surface area contributed by atoms with E-state index in [9.17, 15) is 14.7 Å². The van der Waals surface area contributed by atoms with Gasteiger partial charge in [-0.05, 0) is 38.2 Å². The van der Waals surface area contributed by atoms with Crippen LogP contribution in [0.2, 0.25) is 0 Å². The first-order chi connectivity index (χ1) is 9.96. The van der Waals surface area contributed by atoms with Crippen molar-refractivity contribution in [1.29, 1.82) is 0 Å². The molecule has 0 atom stereocenters. The van der Waals surface area contributed by atoms with Crippen LogP contribution in [0.4, 0.5) is 10.5 Å². The van der Waals surface area contributed by atoms with Gasteiger partial charge >= 0.3 is 12.0 Å². The molecule has 2 rings (SSSR count). The molecule has 0 unspecified atom stereocenters. The third kappa shape index (κ3) is 3.50. The summed E-state index contributed by atoms with van der Waals surface area (Å²) in [5, 5.41) is 12.1. The number of thioether (sulfide) groups is 1. The zero-order valence-electron chi connectivity index (χ0n) is 12.3. The summed E-state index contributed by atoms with van der Waals surface area (Å²) in [6, 6.07) is 7.48. The van der Waals surface area contributed by atoms with Crippen LogP contribution in [0, 0.1) is 5.41 Å². The molecule has 0 aromatic heterocycles. The predicted molar refractivity (Wildman–Crippen MR) is 83.8 cm³/mol. The third-order valence-electron chi connectivity index (χ3n) is 4.02. The van der Waals surface area contributed by atoms with Gasteiger partial charge in [-0.1, -0.05) is 12.1 Å². The van der Waals surface area contributed by atoms with Gasteiger partial charge in [-0.3, -0.25) is 4.79 Å². The summed E-state index contributed by atoms with van der Waals surface area (Å²) in [4.78, 5) is 26.2. The van der Waals surface area contributed by atoms with E-state index >= 15 is 0 Å². The molecule has 0 spiro atoms. The summed E-state index contributed by atoms with van der Waals surface area (Å²) in [6.45, 7) is 2.68. The Morgan fingerprint density at radius 2 is 1.90 bits per heavy atom. The maximum atomic E-state index is 12.3. The molecule has 6 heteroatoms. The molecule has 5 nitrogen and oxygen atoms in total. The molecule has 1 aromatic rings. The zero-order chi connectivity index (χ0) is 15.5. The Labute approximate surface area is 128 Å². The number of likely N-dealkylation sites (tertiary alicyclic amines) is 1. The standard InChI is InChI=1S/C15H20N2O3S/c1-15(13(18)19)7-9-17(10-8-15)14(20)16-11-5-3-4-6-12(11)21-2/h3-6H,7-10H2,1-2H3,(H,16,20)(H,18,19). The van der Waals surface area contributed by atoms with Gasteiger partial charge in [0.25, 0.3) is 0 Å². The lowest BCUT2D eigenvalue weighted by Crippen LogP contribution is -2.46. The quantitative estimate of drug-likeness (QED) is 0.842. The first-order valence-corrected chi connectivity index (χ1v) is 8.11. The van der Waals surface area contributed by atoms with Gasteiger partial charge in [-0.25, -0.2) is 4.79 Å². The molecular formula is C15H20N2O3S. The maximum Gasteiger partial charge on any atom is 0.321 e. The van der Waals surface area contributed by atoms with Gasteiger partial charge in [0.2, 0.25) is 0 Å². The lowest BCUT2D eigenvalue weighted by atomic mass is 9.80. The lowest BCUT2D eigenvalue weighted by Gasteiger charge is -2.36. The molecule has 21 heavy (non-hydrogen) atoms. The van der Waals surface area contributed by atoms with E-state index in [2.05, 4.69) is 5.32 Å². The topological polar surface area (TPSA) is 69.6 Å². The van der Waals surface area contributed by atoms with E-state index in [4.69, 9.17) is 0 Å². The van der Waals surface area contributed by atoms with Crippen molar-refractivity contribution in [2.24, 2.45) is 5.41 Å². The van der Waals surface area contributed by atoms with E-state index in [1.54, 1.807) is 23.6 Å². The van der Waals surface area contributed by atoms with E-state index in [1.165, 1.54) is 0 Å². The highest BCUT2D eigenvalue weighted by molar-refractivity contribution is 7.98. The van der Waals surface area contributed by atoms with Crippen LogP contribution < -0.4 is 5.32 Å². The van der Waals surface area contributed by atoms with Gasteiger partial charge in [0, 0.05) is 18.0 Å². The molecule has 1 aromatic carbocycles. The second-order valence-electron chi connectivity index (χ2n) is 5.48. The smallest absolute Gasteiger partial charge is 0.321 e. The summed E-state index contributed by atoms with van der Waals surface area (Å²) in [5.41, 5.74) is 0.0788. The fraction of sp³-hybridized carbons (Fsp3) is 0.467. The van der Waals surface area contributed by atoms with Crippen molar-refractivity contribution in [3.05, 3.63) is 24.3 Å². The molecule has 1 aliphatic rings. The minimum atomic E-state index is -0.782. The molecule has 1 heterocycles. The average molecular weight is 308 g/mol. The average Bonchev–Trinajstić information content (AvgIpc) is 2.48. The fourth-order valence-corrected chi connectivity index (χ4v) is 2.91. The second-order valence-corrected chi connectivity index (χ2v) is 6.33. The number of rotatable bonds is 3.